The molecule has 0 fully saturated rings. The van der Waals surface area contributed by atoms with Crippen LogP contribution in [0, 0.1) is 0 Å². The Morgan fingerprint density at radius 3 is 2.88 bits per heavy atom. The van der Waals surface area contributed by atoms with Gasteiger partial charge in [0.15, 0.2) is 5.65 Å². The molecule has 0 saturated heterocycles. The molecule has 1 N–H and O–H groups in total. The highest BCUT2D eigenvalue weighted by Gasteiger charge is 2.11. The monoisotopic (exact) mass is 293 g/mol. The van der Waals surface area contributed by atoms with Crippen molar-refractivity contribution in [3.05, 3.63) is 39.4 Å². The molecule has 0 bridgehead atoms. The lowest BCUT2D eigenvalue weighted by Crippen LogP contribution is -2.11. The zero-order chi connectivity index (χ0) is 12.0. The van der Waals surface area contributed by atoms with Crippen molar-refractivity contribution in [2.24, 2.45) is 7.05 Å². The summed E-state index contributed by atoms with van der Waals surface area (Å²) in [6, 6.07) is 3.34. The van der Waals surface area contributed by atoms with E-state index in [1.165, 1.54) is 6.07 Å². The average Bonchev–Trinajstić information content (AvgIpc) is 2.86. The first-order chi connectivity index (χ1) is 8.16. The van der Waals surface area contributed by atoms with Crippen LogP contribution in [0.1, 0.15) is 0 Å². The predicted octanol–water partition coefficient (Wildman–Crippen LogP) is 1.19. The second-order valence-corrected chi connectivity index (χ2v) is 4.47. The number of hydrogen-bond donors (Lipinski definition) is 1. The number of nitrogens with one attached hydrogen (secondary N) is 1. The molecule has 3 aromatic rings. The molecule has 7 heteroatoms. The number of aryl methyl sites for hydroxylation is 1. The van der Waals surface area contributed by atoms with Gasteiger partial charge in [-0.2, -0.15) is 10.2 Å². The molecular weight excluding hydrogens is 286 g/mol. The number of H-pyrrole nitrogens is 1. The first-order valence-corrected chi connectivity index (χ1v) is 5.71. The van der Waals surface area contributed by atoms with Crippen LogP contribution in [0.15, 0.2) is 33.8 Å². The van der Waals surface area contributed by atoms with E-state index in [2.05, 4.69) is 31.1 Å². The predicted molar refractivity (Wildman–Crippen MR) is 65.7 cm³/mol. The molecule has 0 saturated carbocycles. The fourth-order valence-electron chi connectivity index (χ4n) is 1.77. The van der Waals surface area contributed by atoms with Gasteiger partial charge in [0, 0.05) is 19.3 Å². The Morgan fingerprint density at radius 1 is 1.35 bits per heavy atom. The standard InChI is InChI=1S/C10H8BrN5O/c1-15-7(2-3-12-15)8-4-9(17)14-10-6(11)5-13-16(8)10/h2-5H,1H3,(H,14,17). The van der Waals surface area contributed by atoms with Crippen molar-refractivity contribution in [1.82, 2.24) is 24.4 Å². The SMILES string of the molecule is Cn1nccc1-c1cc(=O)[nH]c2c(Br)cnn12. The number of halogens is 1. The van der Waals surface area contributed by atoms with Crippen LogP contribution in [0.4, 0.5) is 0 Å². The molecule has 0 atom stereocenters. The highest BCUT2D eigenvalue weighted by molar-refractivity contribution is 9.10. The lowest BCUT2D eigenvalue weighted by molar-refractivity contribution is 0.766. The van der Waals surface area contributed by atoms with Crippen LogP contribution in [0.25, 0.3) is 17.0 Å². The van der Waals surface area contributed by atoms with Gasteiger partial charge in [-0.15, -0.1) is 0 Å². The second kappa shape index (κ2) is 3.56. The number of aromatic amines is 1. The van der Waals surface area contributed by atoms with Gasteiger partial charge in [-0.05, 0) is 22.0 Å². The molecule has 0 aliphatic carbocycles. The zero-order valence-corrected chi connectivity index (χ0v) is 10.5. The molecule has 3 rings (SSSR count). The van der Waals surface area contributed by atoms with E-state index in [0.29, 0.717) is 11.3 Å². The van der Waals surface area contributed by atoms with Gasteiger partial charge in [-0.3, -0.25) is 9.48 Å². The summed E-state index contributed by atoms with van der Waals surface area (Å²) in [5.41, 5.74) is 2.00. The van der Waals surface area contributed by atoms with Crippen molar-refractivity contribution in [1.29, 1.82) is 0 Å². The van der Waals surface area contributed by atoms with Crippen LogP contribution in [-0.2, 0) is 7.05 Å². The molecule has 0 spiro atoms. The maximum atomic E-state index is 11.6. The van der Waals surface area contributed by atoms with Crippen LogP contribution in [0.2, 0.25) is 0 Å². The van der Waals surface area contributed by atoms with Gasteiger partial charge in [-0.1, -0.05) is 0 Å². The van der Waals surface area contributed by atoms with Gasteiger partial charge in [0.2, 0.25) is 0 Å². The van der Waals surface area contributed by atoms with E-state index in [1.54, 1.807) is 21.6 Å². The van der Waals surface area contributed by atoms with Gasteiger partial charge in [0.25, 0.3) is 5.56 Å². The Labute approximate surface area is 104 Å². The Bertz CT molecular complexity index is 753. The van der Waals surface area contributed by atoms with Gasteiger partial charge >= 0.3 is 0 Å². The van der Waals surface area contributed by atoms with E-state index in [4.69, 9.17) is 0 Å². The fourth-order valence-corrected chi connectivity index (χ4v) is 2.13. The summed E-state index contributed by atoms with van der Waals surface area (Å²) >= 11 is 3.34. The maximum Gasteiger partial charge on any atom is 0.251 e. The van der Waals surface area contributed by atoms with Crippen LogP contribution in [0.3, 0.4) is 0 Å². The van der Waals surface area contributed by atoms with Crippen molar-refractivity contribution in [3.8, 4) is 11.4 Å². The molecule has 3 heterocycles. The quantitative estimate of drug-likeness (QED) is 0.733. The summed E-state index contributed by atoms with van der Waals surface area (Å²) in [5, 5.41) is 8.30. The normalized spacial score (nSPS) is 11.2. The number of rotatable bonds is 1. The minimum absolute atomic E-state index is 0.171. The Balaban J connectivity index is 2.44. The van der Waals surface area contributed by atoms with E-state index in [1.807, 2.05) is 13.1 Å². The Morgan fingerprint density at radius 2 is 2.18 bits per heavy atom. The molecule has 6 nitrogen and oxygen atoms in total. The second-order valence-electron chi connectivity index (χ2n) is 3.61. The third-order valence-corrected chi connectivity index (χ3v) is 3.13. The van der Waals surface area contributed by atoms with Crippen molar-refractivity contribution in [2.75, 3.05) is 0 Å². The van der Waals surface area contributed by atoms with Crippen LogP contribution in [0.5, 0.6) is 0 Å². The highest BCUT2D eigenvalue weighted by Crippen LogP contribution is 2.21. The molecule has 0 unspecified atom stereocenters. The van der Waals surface area contributed by atoms with Gasteiger partial charge in [0.1, 0.15) is 0 Å². The lowest BCUT2D eigenvalue weighted by Gasteiger charge is -2.04. The molecule has 0 aromatic carbocycles. The van der Waals surface area contributed by atoms with E-state index in [0.717, 1.165) is 10.2 Å². The largest absolute Gasteiger partial charge is 0.306 e. The number of aromatic nitrogens is 5. The van der Waals surface area contributed by atoms with E-state index in [-0.39, 0.29) is 5.56 Å². The van der Waals surface area contributed by atoms with Crippen molar-refractivity contribution in [2.45, 2.75) is 0 Å². The summed E-state index contributed by atoms with van der Waals surface area (Å²) in [4.78, 5) is 14.3. The molecule has 0 aliphatic rings. The van der Waals surface area contributed by atoms with Crippen molar-refractivity contribution >= 4 is 21.6 Å². The number of hydrogen-bond acceptors (Lipinski definition) is 3. The number of nitrogens with zero attached hydrogens (tertiary/aromatic N) is 4. The summed E-state index contributed by atoms with van der Waals surface area (Å²) in [7, 11) is 1.82. The van der Waals surface area contributed by atoms with Crippen LogP contribution in [-0.4, -0.2) is 24.4 Å². The summed E-state index contributed by atoms with van der Waals surface area (Å²) in [6.07, 6.45) is 3.33. The fraction of sp³-hybridized carbons (Fsp3) is 0.100. The Kier molecular flexibility index (Phi) is 2.15. The van der Waals surface area contributed by atoms with Gasteiger partial charge in [0.05, 0.1) is 22.1 Å². The molecule has 86 valence electrons. The maximum absolute atomic E-state index is 11.6. The summed E-state index contributed by atoms with van der Waals surface area (Å²) in [6.45, 7) is 0. The zero-order valence-electron chi connectivity index (χ0n) is 8.88. The molecule has 0 amide bonds. The van der Waals surface area contributed by atoms with E-state index >= 15 is 0 Å². The highest BCUT2D eigenvalue weighted by atomic mass is 79.9. The molecule has 0 aliphatic heterocycles. The van der Waals surface area contributed by atoms with Crippen molar-refractivity contribution < 1.29 is 0 Å². The third-order valence-electron chi connectivity index (χ3n) is 2.55. The van der Waals surface area contributed by atoms with Gasteiger partial charge in [-0.25, -0.2) is 4.52 Å². The lowest BCUT2D eigenvalue weighted by atomic mass is 10.3. The molecule has 3 aromatic heterocycles. The topological polar surface area (TPSA) is 68.0 Å². The number of fused-ring (bicyclic) bond motifs is 1. The summed E-state index contributed by atoms with van der Waals surface area (Å²) in [5.74, 6) is 0. The molecular formula is C10H8BrN5O. The minimum Gasteiger partial charge on any atom is -0.306 e. The summed E-state index contributed by atoms with van der Waals surface area (Å²) < 4.78 is 4.12. The smallest absolute Gasteiger partial charge is 0.251 e. The Hall–Kier alpha value is -1.89. The minimum atomic E-state index is -0.171. The first-order valence-electron chi connectivity index (χ1n) is 4.92. The third kappa shape index (κ3) is 1.50. The van der Waals surface area contributed by atoms with E-state index in [9.17, 15) is 4.79 Å². The molecule has 0 radical (unpaired) electrons. The van der Waals surface area contributed by atoms with Crippen LogP contribution >= 0.6 is 15.9 Å². The first kappa shape index (κ1) is 10.3. The average molecular weight is 294 g/mol. The van der Waals surface area contributed by atoms with Crippen LogP contribution < -0.4 is 5.56 Å². The molecule has 17 heavy (non-hydrogen) atoms. The van der Waals surface area contributed by atoms with Crippen molar-refractivity contribution in [3.63, 3.8) is 0 Å². The van der Waals surface area contributed by atoms with E-state index < -0.39 is 0 Å². The van der Waals surface area contributed by atoms with Gasteiger partial charge < -0.3 is 4.98 Å².